The number of hydrogen-bond donors (Lipinski definition) is 0. The third-order valence-corrected chi connectivity index (χ3v) is 7.59. The molecule has 10 nitrogen and oxygen atoms in total. The summed E-state index contributed by atoms with van der Waals surface area (Å²) in [6, 6.07) is 25.5. The zero-order valence-electron chi connectivity index (χ0n) is 22.9. The van der Waals surface area contributed by atoms with Crippen molar-refractivity contribution < 1.29 is 28.6 Å². The SMILES string of the molecule is C[C@@]1(OC(=O)c2ccccc2)[C@H](OC(=O)c2ccccc2)[C@@H](CC(=O)c2ccccc2)O[C@H]1n1cnc2c(Cl)ncnc21. The van der Waals surface area contributed by atoms with Crippen LogP contribution in [0, 0.1) is 0 Å². The van der Waals surface area contributed by atoms with E-state index in [2.05, 4.69) is 15.0 Å². The molecular weight excluding hydrogens is 572 g/mol. The summed E-state index contributed by atoms with van der Waals surface area (Å²) in [5.74, 6) is -1.59. The zero-order chi connectivity index (χ0) is 30.0. The minimum Gasteiger partial charge on any atom is -0.452 e. The van der Waals surface area contributed by atoms with Gasteiger partial charge in [0.1, 0.15) is 17.9 Å². The van der Waals surface area contributed by atoms with Gasteiger partial charge < -0.3 is 14.2 Å². The number of esters is 2. The number of aromatic nitrogens is 4. The molecule has 2 aromatic heterocycles. The van der Waals surface area contributed by atoms with Crippen LogP contribution in [0.2, 0.25) is 5.15 Å². The van der Waals surface area contributed by atoms with Crippen LogP contribution in [-0.2, 0) is 14.2 Å². The summed E-state index contributed by atoms with van der Waals surface area (Å²) in [7, 11) is 0. The first-order valence-corrected chi connectivity index (χ1v) is 13.8. The Bertz CT molecular complexity index is 1780. The largest absolute Gasteiger partial charge is 0.452 e. The predicted octanol–water partition coefficient (Wildman–Crippen LogP) is 5.49. The molecule has 216 valence electrons. The van der Waals surface area contributed by atoms with Crippen LogP contribution in [-0.4, -0.2) is 55.0 Å². The van der Waals surface area contributed by atoms with E-state index in [1.165, 1.54) is 17.2 Å². The van der Waals surface area contributed by atoms with Crippen LogP contribution in [0.1, 0.15) is 50.6 Å². The van der Waals surface area contributed by atoms with Gasteiger partial charge in [0.15, 0.2) is 34.5 Å². The number of Topliss-reactive ketones (excluding diaryl/α,β-unsaturated/α-hetero) is 1. The number of ether oxygens (including phenoxy) is 3. The summed E-state index contributed by atoms with van der Waals surface area (Å²) in [5, 5.41) is 0.118. The maximum absolute atomic E-state index is 13.5. The third-order valence-electron chi connectivity index (χ3n) is 7.31. The second kappa shape index (κ2) is 11.7. The molecule has 1 aliphatic heterocycles. The lowest BCUT2D eigenvalue weighted by atomic mass is 9.92. The first-order chi connectivity index (χ1) is 20.8. The van der Waals surface area contributed by atoms with Crippen molar-refractivity contribution in [2.24, 2.45) is 0 Å². The highest BCUT2D eigenvalue weighted by molar-refractivity contribution is 6.33. The van der Waals surface area contributed by atoms with Gasteiger partial charge in [-0.15, -0.1) is 0 Å². The topological polar surface area (TPSA) is 123 Å². The Morgan fingerprint density at radius 1 is 0.837 bits per heavy atom. The van der Waals surface area contributed by atoms with Crippen LogP contribution >= 0.6 is 11.6 Å². The minimum absolute atomic E-state index is 0.118. The molecule has 0 saturated carbocycles. The second-order valence-electron chi connectivity index (χ2n) is 10.1. The van der Waals surface area contributed by atoms with Crippen molar-refractivity contribution in [3.8, 4) is 0 Å². The third kappa shape index (κ3) is 5.50. The molecule has 0 unspecified atom stereocenters. The lowest BCUT2D eigenvalue weighted by molar-refractivity contribution is -0.108. The fourth-order valence-electron chi connectivity index (χ4n) is 5.19. The van der Waals surface area contributed by atoms with Gasteiger partial charge >= 0.3 is 11.9 Å². The van der Waals surface area contributed by atoms with Crippen LogP contribution in [0.4, 0.5) is 0 Å². The Hall–Kier alpha value is -4.93. The highest BCUT2D eigenvalue weighted by Gasteiger charge is 2.60. The molecule has 1 fully saturated rings. The number of nitrogens with zero attached hydrogens (tertiary/aromatic N) is 4. The number of benzene rings is 3. The molecule has 0 amide bonds. The number of hydrogen-bond acceptors (Lipinski definition) is 9. The quantitative estimate of drug-likeness (QED) is 0.130. The molecule has 0 radical (unpaired) electrons. The van der Waals surface area contributed by atoms with E-state index >= 15 is 0 Å². The van der Waals surface area contributed by atoms with Crippen molar-refractivity contribution in [1.29, 1.82) is 0 Å². The first kappa shape index (κ1) is 28.2. The molecule has 6 rings (SSSR count). The van der Waals surface area contributed by atoms with Crippen molar-refractivity contribution in [2.45, 2.75) is 37.4 Å². The summed E-state index contributed by atoms with van der Waals surface area (Å²) in [5.41, 5.74) is -0.0485. The molecule has 1 aliphatic rings. The van der Waals surface area contributed by atoms with Gasteiger partial charge in [0, 0.05) is 12.0 Å². The number of rotatable bonds is 8. The monoisotopic (exact) mass is 596 g/mol. The van der Waals surface area contributed by atoms with E-state index < -0.39 is 36.0 Å². The van der Waals surface area contributed by atoms with Crippen LogP contribution in [0.25, 0.3) is 11.2 Å². The summed E-state index contributed by atoms with van der Waals surface area (Å²) < 4.78 is 20.3. The molecule has 11 heteroatoms. The zero-order valence-corrected chi connectivity index (χ0v) is 23.6. The molecule has 3 aromatic carbocycles. The normalized spacial score (nSPS) is 21.4. The summed E-state index contributed by atoms with van der Waals surface area (Å²) >= 11 is 6.28. The van der Waals surface area contributed by atoms with Crippen LogP contribution in [0.3, 0.4) is 0 Å². The van der Waals surface area contributed by atoms with Crippen LogP contribution in [0.5, 0.6) is 0 Å². The molecule has 0 bridgehead atoms. The molecule has 5 aromatic rings. The van der Waals surface area contributed by atoms with Gasteiger partial charge in [0.25, 0.3) is 0 Å². The average molecular weight is 597 g/mol. The van der Waals surface area contributed by atoms with Gasteiger partial charge in [-0.05, 0) is 31.2 Å². The Morgan fingerprint density at radius 3 is 2.05 bits per heavy atom. The molecule has 0 N–H and O–H groups in total. The number of imidazole rings is 1. The van der Waals surface area contributed by atoms with Crippen LogP contribution < -0.4 is 0 Å². The van der Waals surface area contributed by atoms with E-state index in [0.29, 0.717) is 16.7 Å². The number of ketones is 1. The predicted molar refractivity (Wildman–Crippen MR) is 156 cm³/mol. The van der Waals surface area contributed by atoms with Crippen molar-refractivity contribution in [3.63, 3.8) is 0 Å². The minimum atomic E-state index is -1.66. The van der Waals surface area contributed by atoms with Gasteiger partial charge in [-0.3, -0.25) is 9.36 Å². The standard InChI is InChI=1S/C32H25ClN4O6/c1-32(43-30(40)22-15-9-4-10-16-22)26(42-29(39)21-13-7-3-8-14-21)24(17-23(38)20-11-5-2-6-12-20)41-31(32)37-19-36-25-27(33)34-18-35-28(25)37/h2-16,18-19,24,26,31H,17H2,1H3/t24-,26-,31-,32-/m1/s1. The fourth-order valence-corrected chi connectivity index (χ4v) is 5.37. The van der Waals surface area contributed by atoms with E-state index in [4.69, 9.17) is 25.8 Å². The lowest BCUT2D eigenvalue weighted by Gasteiger charge is -2.34. The summed E-state index contributed by atoms with van der Waals surface area (Å²) in [4.78, 5) is 53.0. The van der Waals surface area contributed by atoms with E-state index in [9.17, 15) is 14.4 Å². The van der Waals surface area contributed by atoms with Gasteiger partial charge in [0.05, 0.1) is 17.5 Å². The average Bonchev–Trinajstić information content (AvgIpc) is 3.58. The van der Waals surface area contributed by atoms with Crippen molar-refractivity contribution in [1.82, 2.24) is 19.5 Å². The lowest BCUT2D eigenvalue weighted by Crippen LogP contribution is -2.50. The molecule has 0 spiro atoms. The number of carbonyl (C=O) groups excluding carboxylic acids is 3. The van der Waals surface area contributed by atoms with Crippen LogP contribution in [0.15, 0.2) is 104 Å². The van der Waals surface area contributed by atoms with E-state index in [1.807, 2.05) is 0 Å². The Balaban J connectivity index is 1.45. The van der Waals surface area contributed by atoms with Gasteiger partial charge in [0.2, 0.25) is 0 Å². The van der Waals surface area contributed by atoms with E-state index in [-0.39, 0.29) is 28.5 Å². The van der Waals surface area contributed by atoms with Crippen molar-refractivity contribution in [3.05, 3.63) is 125 Å². The molecular formula is C32H25ClN4O6. The summed E-state index contributed by atoms with van der Waals surface area (Å²) in [6.07, 6.45) is -0.836. The number of halogens is 1. The van der Waals surface area contributed by atoms with E-state index in [1.54, 1.807) is 97.9 Å². The van der Waals surface area contributed by atoms with Gasteiger partial charge in [-0.2, -0.15) is 0 Å². The fraction of sp³-hybridized carbons (Fsp3) is 0.188. The second-order valence-corrected chi connectivity index (χ2v) is 10.5. The maximum atomic E-state index is 13.5. The Labute approximate surface area is 251 Å². The Morgan fingerprint density at radius 2 is 1.42 bits per heavy atom. The molecule has 43 heavy (non-hydrogen) atoms. The summed E-state index contributed by atoms with van der Waals surface area (Å²) in [6.45, 7) is 1.60. The van der Waals surface area contributed by atoms with E-state index in [0.717, 1.165) is 0 Å². The Kier molecular flexibility index (Phi) is 7.71. The van der Waals surface area contributed by atoms with Crippen molar-refractivity contribution >= 4 is 40.5 Å². The molecule has 4 atom stereocenters. The van der Waals surface area contributed by atoms with Crippen molar-refractivity contribution in [2.75, 3.05) is 0 Å². The molecule has 3 heterocycles. The maximum Gasteiger partial charge on any atom is 0.338 e. The highest BCUT2D eigenvalue weighted by atomic mass is 35.5. The smallest absolute Gasteiger partial charge is 0.338 e. The first-order valence-electron chi connectivity index (χ1n) is 13.5. The van der Waals surface area contributed by atoms with Gasteiger partial charge in [-0.1, -0.05) is 78.3 Å². The molecule has 0 aliphatic carbocycles. The highest BCUT2D eigenvalue weighted by Crippen LogP contribution is 2.46. The van der Waals surface area contributed by atoms with Gasteiger partial charge in [-0.25, -0.2) is 24.5 Å². The molecule has 1 saturated heterocycles. The number of fused-ring (bicyclic) bond motifs is 1. The number of carbonyl (C=O) groups is 3.